The molecule has 27 heavy (non-hydrogen) atoms. The van der Waals surface area contributed by atoms with Gasteiger partial charge in [-0.1, -0.05) is 23.7 Å². The fraction of sp³-hybridized carbons (Fsp3) is 0.222. The first-order chi connectivity index (χ1) is 12.6. The Kier molecular flexibility index (Phi) is 6.45. The third kappa shape index (κ3) is 4.99. The zero-order valence-corrected chi connectivity index (χ0v) is 16.5. The lowest BCUT2D eigenvalue weighted by Crippen LogP contribution is -2.45. The first-order valence-corrected chi connectivity index (χ1v) is 10.1. The maximum atomic E-state index is 12.7. The van der Waals surface area contributed by atoms with E-state index in [4.69, 9.17) is 16.3 Å². The van der Waals surface area contributed by atoms with Gasteiger partial charge in [0.25, 0.3) is 0 Å². The lowest BCUT2D eigenvalue weighted by atomic mass is 10.1. The highest BCUT2D eigenvalue weighted by Gasteiger charge is 2.29. The van der Waals surface area contributed by atoms with Crippen LogP contribution in [0.25, 0.3) is 0 Å². The summed E-state index contributed by atoms with van der Waals surface area (Å²) >= 11 is 5.85. The number of para-hydroxylation sites is 1. The van der Waals surface area contributed by atoms with Gasteiger partial charge >= 0.3 is 5.97 Å². The minimum Gasteiger partial charge on any atom is -0.465 e. The second-order valence-electron chi connectivity index (χ2n) is 5.74. The van der Waals surface area contributed by atoms with Crippen molar-refractivity contribution in [2.24, 2.45) is 0 Å². The molecule has 2 aromatic carbocycles. The molecular weight excluding hydrogens is 392 g/mol. The van der Waals surface area contributed by atoms with Crippen LogP contribution in [0, 0.1) is 0 Å². The first-order valence-electron chi connectivity index (χ1n) is 7.88. The number of nitrogens with one attached hydrogen (secondary N) is 1. The van der Waals surface area contributed by atoms with Gasteiger partial charge in [0.2, 0.25) is 15.9 Å². The lowest BCUT2D eigenvalue weighted by molar-refractivity contribution is -0.116. The number of carbonyl (C=O) groups is 2. The highest BCUT2D eigenvalue weighted by molar-refractivity contribution is 7.92. The third-order valence-corrected chi connectivity index (χ3v) is 5.25. The number of amides is 1. The molecule has 7 nitrogen and oxygen atoms in total. The average molecular weight is 411 g/mol. The van der Waals surface area contributed by atoms with Crippen LogP contribution in [0.3, 0.4) is 0 Å². The third-order valence-electron chi connectivity index (χ3n) is 3.76. The van der Waals surface area contributed by atoms with Crippen LogP contribution in [0.1, 0.15) is 17.3 Å². The molecule has 0 bridgehead atoms. The molecule has 0 spiro atoms. The molecule has 0 saturated carbocycles. The van der Waals surface area contributed by atoms with Crippen molar-refractivity contribution in [3.8, 4) is 0 Å². The van der Waals surface area contributed by atoms with Gasteiger partial charge in [-0.05, 0) is 43.3 Å². The number of esters is 1. The number of ether oxygens (including phenoxy) is 1. The van der Waals surface area contributed by atoms with Gasteiger partial charge in [0.15, 0.2) is 0 Å². The Balaban J connectivity index is 2.34. The topological polar surface area (TPSA) is 92.8 Å². The van der Waals surface area contributed by atoms with E-state index in [2.05, 4.69) is 5.32 Å². The van der Waals surface area contributed by atoms with Gasteiger partial charge in [-0.15, -0.1) is 0 Å². The maximum absolute atomic E-state index is 12.7. The van der Waals surface area contributed by atoms with Crippen molar-refractivity contribution in [2.45, 2.75) is 13.0 Å². The molecular formula is C18H19ClN2O5S. The van der Waals surface area contributed by atoms with Crippen molar-refractivity contribution in [3.05, 3.63) is 59.1 Å². The summed E-state index contributed by atoms with van der Waals surface area (Å²) in [6, 6.07) is 11.3. The molecule has 0 fully saturated rings. The van der Waals surface area contributed by atoms with E-state index in [-0.39, 0.29) is 11.3 Å². The molecule has 0 radical (unpaired) electrons. The summed E-state index contributed by atoms with van der Waals surface area (Å²) in [4.78, 5) is 24.5. The van der Waals surface area contributed by atoms with Crippen LogP contribution in [0.4, 0.5) is 11.4 Å². The molecule has 144 valence electrons. The van der Waals surface area contributed by atoms with Crippen molar-refractivity contribution < 1.29 is 22.7 Å². The zero-order chi connectivity index (χ0) is 20.2. The predicted molar refractivity (Wildman–Crippen MR) is 105 cm³/mol. The Morgan fingerprint density at radius 3 is 2.26 bits per heavy atom. The van der Waals surface area contributed by atoms with E-state index in [0.29, 0.717) is 10.7 Å². The van der Waals surface area contributed by atoms with E-state index in [1.807, 2.05) is 0 Å². The van der Waals surface area contributed by atoms with E-state index in [1.54, 1.807) is 12.1 Å². The van der Waals surface area contributed by atoms with Crippen molar-refractivity contribution in [3.63, 3.8) is 0 Å². The number of sulfonamides is 1. The van der Waals surface area contributed by atoms with Crippen LogP contribution in [0.15, 0.2) is 48.5 Å². The highest BCUT2D eigenvalue weighted by Crippen LogP contribution is 2.24. The number of nitrogens with zero attached hydrogens (tertiary/aromatic N) is 1. The van der Waals surface area contributed by atoms with Gasteiger partial charge < -0.3 is 10.1 Å². The fourth-order valence-electron chi connectivity index (χ4n) is 2.51. The molecule has 2 rings (SSSR count). The molecule has 1 N–H and O–H groups in total. The van der Waals surface area contributed by atoms with E-state index < -0.39 is 27.9 Å². The zero-order valence-electron chi connectivity index (χ0n) is 15.0. The minimum absolute atomic E-state index is 0.165. The smallest absolute Gasteiger partial charge is 0.339 e. The van der Waals surface area contributed by atoms with Crippen molar-refractivity contribution in [1.82, 2.24) is 0 Å². The Labute approximate surface area is 162 Å². The molecule has 0 unspecified atom stereocenters. The largest absolute Gasteiger partial charge is 0.465 e. The minimum atomic E-state index is -3.76. The summed E-state index contributed by atoms with van der Waals surface area (Å²) in [7, 11) is -2.53. The van der Waals surface area contributed by atoms with Crippen LogP contribution in [-0.4, -0.2) is 39.7 Å². The Morgan fingerprint density at radius 2 is 1.70 bits per heavy atom. The number of hydrogen-bond donors (Lipinski definition) is 1. The molecule has 0 heterocycles. The van der Waals surface area contributed by atoms with Gasteiger partial charge in [-0.2, -0.15) is 0 Å². The van der Waals surface area contributed by atoms with E-state index in [0.717, 1.165) is 10.6 Å². The van der Waals surface area contributed by atoms with Crippen molar-refractivity contribution in [2.75, 3.05) is 23.0 Å². The molecule has 0 saturated heterocycles. The number of anilines is 2. The number of methoxy groups -OCH3 is 1. The first kappa shape index (κ1) is 20.7. The molecule has 0 aliphatic rings. The van der Waals surface area contributed by atoms with Crippen LogP contribution in [0.5, 0.6) is 0 Å². The number of benzene rings is 2. The van der Waals surface area contributed by atoms with Gasteiger partial charge in [-0.25, -0.2) is 13.2 Å². The molecule has 9 heteroatoms. The quantitative estimate of drug-likeness (QED) is 0.739. The number of rotatable bonds is 6. The fourth-order valence-corrected chi connectivity index (χ4v) is 3.81. The highest BCUT2D eigenvalue weighted by atomic mass is 35.5. The summed E-state index contributed by atoms with van der Waals surface area (Å²) < 4.78 is 30.2. The number of hydrogen-bond acceptors (Lipinski definition) is 5. The summed E-state index contributed by atoms with van der Waals surface area (Å²) in [6.07, 6.45) is 1.01. The van der Waals surface area contributed by atoms with Crippen LogP contribution < -0.4 is 9.62 Å². The van der Waals surface area contributed by atoms with Gasteiger partial charge in [0, 0.05) is 5.02 Å². The predicted octanol–water partition coefficient (Wildman–Crippen LogP) is 2.92. The second-order valence-corrected chi connectivity index (χ2v) is 8.03. The Hall–Kier alpha value is -2.58. The summed E-state index contributed by atoms with van der Waals surface area (Å²) in [6.45, 7) is 1.45. The average Bonchev–Trinajstić information content (AvgIpc) is 2.62. The monoisotopic (exact) mass is 410 g/mol. The molecule has 0 aliphatic carbocycles. The summed E-state index contributed by atoms with van der Waals surface area (Å²) in [5, 5.41) is 3.03. The maximum Gasteiger partial charge on any atom is 0.339 e. The van der Waals surface area contributed by atoms with Gasteiger partial charge in [0.05, 0.1) is 30.3 Å². The van der Waals surface area contributed by atoms with Crippen molar-refractivity contribution >= 4 is 44.9 Å². The summed E-state index contributed by atoms with van der Waals surface area (Å²) in [5.74, 6) is -1.22. The molecule has 2 aromatic rings. The number of halogens is 1. The normalized spacial score (nSPS) is 12.1. The number of carbonyl (C=O) groups excluding carboxylic acids is 2. The lowest BCUT2D eigenvalue weighted by Gasteiger charge is -2.28. The van der Waals surface area contributed by atoms with Gasteiger partial charge in [0.1, 0.15) is 6.04 Å². The van der Waals surface area contributed by atoms with Crippen LogP contribution >= 0.6 is 11.6 Å². The van der Waals surface area contributed by atoms with Crippen LogP contribution in [0.2, 0.25) is 5.02 Å². The SMILES string of the molecule is COC(=O)c1ccccc1NC(=O)[C@H](C)N(c1ccc(Cl)cc1)S(C)(=O)=O. The van der Waals surface area contributed by atoms with E-state index in [9.17, 15) is 18.0 Å². The van der Waals surface area contributed by atoms with E-state index in [1.165, 1.54) is 50.4 Å². The summed E-state index contributed by atoms with van der Waals surface area (Å²) in [5.41, 5.74) is 0.689. The molecule has 1 atom stereocenters. The molecule has 1 amide bonds. The van der Waals surface area contributed by atoms with Crippen molar-refractivity contribution in [1.29, 1.82) is 0 Å². The van der Waals surface area contributed by atoms with Gasteiger partial charge in [-0.3, -0.25) is 9.10 Å². The molecule has 0 aliphatic heterocycles. The van der Waals surface area contributed by atoms with E-state index >= 15 is 0 Å². The molecule has 0 aromatic heterocycles. The van der Waals surface area contributed by atoms with Crippen LogP contribution in [-0.2, 0) is 19.6 Å². The second kappa shape index (κ2) is 8.41. The Morgan fingerprint density at radius 1 is 1.11 bits per heavy atom. The Bertz CT molecular complexity index is 944. The standard InChI is InChI=1S/C18H19ClN2O5S/c1-12(21(27(3,24)25)14-10-8-13(19)9-11-14)17(22)20-16-7-5-4-6-15(16)18(23)26-2/h4-12H,1-3H3,(H,20,22)/t12-/m0/s1.